The molecular weight excluding hydrogens is 592 g/mol. The molecule has 5 nitrogen and oxygen atoms in total. The van der Waals surface area contributed by atoms with Crippen molar-refractivity contribution >= 4 is 72.0 Å². The Morgan fingerprint density at radius 3 is 1.79 bits per heavy atom. The number of para-hydroxylation sites is 2. The van der Waals surface area contributed by atoms with Gasteiger partial charge in [-0.15, -0.1) is 0 Å². The summed E-state index contributed by atoms with van der Waals surface area (Å²) in [6.45, 7) is 0. The molecule has 0 unspecified atom stereocenters. The maximum absolute atomic E-state index is 6.71. The number of benzene rings is 7. The first-order valence-corrected chi connectivity index (χ1v) is 16.0. The maximum Gasteiger partial charge on any atom is 0.227 e. The summed E-state index contributed by atoms with van der Waals surface area (Å²) in [6.07, 6.45) is 0. The first-order valence-electron chi connectivity index (χ1n) is 16.0. The summed E-state index contributed by atoms with van der Waals surface area (Å²) < 4.78 is 19.6. The van der Waals surface area contributed by atoms with Crippen LogP contribution in [0.1, 0.15) is 0 Å². The average molecular weight is 619 g/mol. The van der Waals surface area contributed by atoms with Crippen LogP contribution in [0.4, 0.5) is 17.1 Å². The number of nitrogens with zero attached hydrogens (tertiary/aromatic N) is 2. The molecule has 0 atom stereocenters. The number of fused-ring (bicyclic) bond motifs is 8. The van der Waals surface area contributed by atoms with Crippen LogP contribution in [0.3, 0.4) is 0 Å². The van der Waals surface area contributed by atoms with Gasteiger partial charge in [0.1, 0.15) is 22.3 Å². The molecule has 0 saturated heterocycles. The highest BCUT2D eigenvalue weighted by atomic mass is 16.4. The summed E-state index contributed by atoms with van der Waals surface area (Å²) >= 11 is 0. The van der Waals surface area contributed by atoms with E-state index in [1.54, 1.807) is 0 Å². The van der Waals surface area contributed by atoms with Crippen molar-refractivity contribution in [3.63, 3.8) is 0 Å². The molecule has 0 radical (unpaired) electrons. The summed E-state index contributed by atoms with van der Waals surface area (Å²) in [7, 11) is 0. The van der Waals surface area contributed by atoms with Crippen LogP contribution in [0.15, 0.2) is 171 Å². The van der Waals surface area contributed by atoms with Crippen molar-refractivity contribution in [2.24, 2.45) is 0 Å². The van der Waals surface area contributed by atoms with E-state index in [1.807, 2.05) is 72.8 Å². The van der Waals surface area contributed by atoms with Crippen molar-refractivity contribution in [1.82, 2.24) is 4.98 Å². The summed E-state index contributed by atoms with van der Waals surface area (Å²) in [4.78, 5) is 7.25. The Kier molecular flexibility index (Phi) is 5.81. The van der Waals surface area contributed by atoms with Crippen LogP contribution in [-0.4, -0.2) is 4.98 Å². The van der Waals surface area contributed by atoms with Crippen LogP contribution >= 0.6 is 0 Å². The van der Waals surface area contributed by atoms with Gasteiger partial charge in [-0.25, -0.2) is 4.98 Å². The predicted molar refractivity (Wildman–Crippen MR) is 194 cm³/mol. The quantitative estimate of drug-likeness (QED) is 0.192. The minimum absolute atomic E-state index is 0.566. The molecule has 0 N–H and O–H groups in total. The van der Waals surface area contributed by atoms with E-state index >= 15 is 0 Å². The molecule has 48 heavy (non-hydrogen) atoms. The second-order valence-corrected chi connectivity index (χ2v) is 12.0. The summed E-state index contributed by atoms with van der Waals surface area (Å²) in [5.41, 5.74) is 10.6. The highest BCUT2D eigenvalue weighted by Gasteiger charge is 2.25. The van der Waals surface area contributed by atoms with E-state index < -0.39 is 0 Å². The molecule has 3 heterocycles. The number of aromatic nitrogens is 1. The van der Waals surface area contributed by atoms with Crippen LogP contribution in [0.2, 0.25) is 0 Å². The molecule has 10 aromatic rings. The fraction of sp³-hybridized carbons (Fsp3) is 0. The molecular formula is C43H26N2O3. The lowest BCUT2D eigenvalue weighted by Crippen LogP contribution is -2.10. The second-order valence-electron chi connectivity index (χ2n) is 12.0. The van der Waals surface area contributed by atoms with Gasteiger partial charge in [0.15, 0.2) is 11.2 Å². The molecule has 10 rings (SSSR count). The van der Waals surface area contributed by atoms with E-state index in [2.05, 4.69) is 89.8 Å². The van der Waals surface area contributed by atoms with Gasteiger partial charge in [0.2, 0.25) is 5.89 Å². The van der Waals surface area contributed by atoms with E-state index in [0.717, 1.165) is 83.1 Å². The van der Waals surface area contributed by atoms with Crippen LogP contribution in [0.5, 0.6) is 0 Å². The van der Waals surface area contributed by atoms with E-state index in [1.165, 1.54) is 0 Å². The number of hydrogen-bond acceptors (Lipinski definition) is 5. The second kappa shape index (κ2) is 10.5. The Labute approximate surface area is 274 Å². The van der Waals surface area contributed by atoms with Gasteiger partial charge in [-0.2, -0.15) is 0 Å². The monoisotopic (exact) mass is 618 g/mol. The third-order valence-electron chi connectivity index (χ3n) is 9.10. The van der Waals surface area contributed by atoms with Gasteiger partial charge in [0, 0.05) is 33.5 Å². The first kappa shape index (κ1) is 26.6. The molecule has 0 saturated carbocycles. The Bertz CT molecular complexity index is 2770. The predicted octanol–water partition coefficient (Wildman–Crippen LogP) is 12.4. The standard InChI is InChI=1S/C43H26N2O3/c1-3-11-27(12-4-1)28-19-21-30(22-20-28)45(31-23-24-33-32-15-7-9-17-37(32)46-39(33)25-31)36-26-35-41(48-43(44-35)29-13-5-2-6-14-29)40-34-16-8-10-18-38(34)47-42(36)40/h1-26H. The van der Waals surface area contributed by atoms with Crippen molar-refractivity contribution in [2.75, 3.05) is 4.90 Å². The minimum Gasteiger partial charge on any atom is -0.456 e. The Balaban J connectivity index is 1.25. The molecule has 7 aromatic carbocycles. The third-order valence-corrected chi connectivity index (χ3v) is 9.10. The molecule has 5 heteroatoms. The highest BCUT2D eigenvalue weighted by molar-refractivity contribution is 6.21. The average Bonchev–Trinajstić information content (AvgIpc) is 3.86. The highest BCUT2D eigenvalue weighted by Crippen LogP contribution is 2.47. The summed E-state index contributed by atoms with van der Waals surface area (Å²) in [5.74, 6) is 0.566. The molecule has 0 aliphatic carbocycles. The van der Waals surface area contributed by atoms with Crippen molar-refractivity contribution in [1.29, 1.82) is 0 Å². The molecule has 0 aliphatic rings. The van der Waals surface area contributed by atoms with Crippen LogP contribution in [-0.2, 0) is 0 Å². The molecule has 0 fully saturated rings. The normalized spacial score (nSPS) is 11.8. The van der Waals surface area contributed by atoms with Crippen LogP contribution in [0, 0.1) is 0 Å². The summed E-state index contributed by atoms with van der Waals surface area (Å²) in [6, 6.07) is 53.8. The minimum atomic E-state index is 0.566. The topological polar surface area (TPSA) is 55.6 Å². The molecule has 226 valence electrons. The number of oxazole rings is 1. The van der Waals surface area contributed by atoms with E-state index in [9.17, 15) is 0 Å². The van der Waals surface area contributed by atoms with E-state index in [4.69, 9.17) is 18.2 Å². The Morgan fingerprint density at radius 2 is 1.02 bits per heavy atom. The van der Waals surface area contributed by atoms with Gasteiger partial charge in [0.05, 0.1) is 16.8 Å². The van der Waals surface area contributed by atoms with E-state index in [0.29, 0.717) is 11.5 Å². The summed E-state index contributed by atoms with van der Waals surface area (Å²) in [5, 5.41) is 4.03. The number of rotatable bonds is 5. The Hall–Kier alpha value is -6.59. The molecule has 0 bridgehead atoms. The molecule has 0 aliphatic heterocycles. The molecule has 3 aromatic heterocycles. The van der Waals surface area contributed by atoms with Gasteiger partial charge < -0.3 is 18.2 Å². The van der Waals surface area contributed by atoms with Gasteiger partial charge in [-0.3, -0.25) is 0 Å². The Morgan fingerprint density at radius 1 is 0.417 bits per heavy atom. The van der Waals surface area contributed by atoms with Gasteiger partial charge in [0.25, 0.3) is 0 Å². The fourth-order valence-corrected chi connectivity index (χ4v) is 6.84. The zero-order valence-electron chi connectivity index (χ0n) is 25.6. The fourth-order valence-electron chi connectivity index (χ4n) is 6.84. The van der Waals surface area contributed by atoms with Crippen molar-refractivity contribution in [3.8, 4) is 22.6 Å². The van der Waals surface area contributed by atoms with Crippen molar-refractivity contribution in [3.05, 3.63) is 158 Å². The lowest BCUT2D eigenvalue weighted by molar-refractivity contribution is 0.622. The lowest BCUT2D eigenvalue weighted by atomic mass is 10.0. The van der Waals surface area contributed by atoms with E-state index in [-0.39, 0.29) is 0 Å². The largest absolute Gasteiger partial charge is 0.456 e. The third kappa shape index (κ3) is 4.15. The molecule has 0 spiro atoms. The molecule has 0 amide bonds. The number of anilines is 3. The van der Waals surface area contributed by atoms with Crippen LogP contribution < -0.4 is 4.90 Å². The zero-order chi connectivity index (χ0) is 31.6. The first-order chi connectivity index (χ1) is 23.8. The number of furan rings is 2. The van der Waals surface area contributed by atoms with Gasteiger partial charge in [-0.05, 0) is 65.7 Å². The van der Waals surface area contributed by atoms with Gasteiger partial charge >= 0.3 is 0 Å². The lowest BCUT2D eigenvalue weighted by Gasteiger charge is -2.25. The maximum atomic E-state index is 6.71. The SMILES string of the molecule is c1ccc(-c2ccc(N(c3ccc4c(c3)oc3ccccc34)c3cc4nc(-c5ccccc5)oc4c4c3oc3ccccc34)cc2)cc1. The van der Waals surface area contributed by atoms with Crippen molar-refractivity contribution in [2.45, 2.75) is 0 Å². The smallest absolute Gasteiger partial charge is 0.227 e. The van der Waals surface area contributed by atoms with Crippen molar-refractivity contribution < 1.29 is 13.3 Å². The zero-order valence-corrected chi connectivity index (χ0v) is 25.6. The number of hydrogen-bond donors (Lipinski definition) is 0. The van der Waals surface area contributed by atoms with Crippen LogP contribution in [0.25, 0.3) is 77.6 Å². The van der Waals surface area contributed by atoms with Gasteiger partial charge in [-0.1, -0.05) is 97.1 Å².